The molecule has 0 N–H and O–H groups in total. The molecule has 5 aromatic carbocycles. The molecule has 2 fully saturated rings. The van der Waals surface area contributed by atoms with Crippen LogP contribution in [0.25, 0.3) is 65.5 Å². The zero-order valence-electron chi connectivity index (χ0n) is 27.7. The molecule has 14 rings (SSSR count). The standard InChI is InChI=1S/C45H34N2O3/c48-43-25-14-10-23(11-15-25)29-18-31-33-20-32-28-8-4-5-9-37(28)46(27-6-2-1-3-7-27)45(50)41(32)40-36-19-30-24-12-16-26(17-13-24)44(49)35(30)22-39(36)47(42(33)40)38(31)21-34(29)43/h1-9,18-26H,10-17H2. The summed E-state index contributed by atoms with van der Waals surface area (Å²) in [7, 11) is 0. The molecule has 0 atom stereocenters. The van der Waals surface area contributed by atoms with Crippen molar-refractivity contribution in [3.63, 3.8) is 0 Å². The van der Waals surface area contributed by atoms with Gasteiger partial charge in [0.2, 0.25) is 0 Å². The normalized spacial score (nSPS) is 23.1. The van der Waals surface area contributed by atoms with E-state index in [4.69, 9.17) is 0 Å². The Morgan fingerprint density at radius 3 is 1.68 bits per heavy atom. The summed E-state index contributed by atoms with van der Waals surface area (Å²) in [6.45, 7) is 0. The fourth-order valence-electron chi connectivity index (χ4n) is 11.0. The third-order valence-corrected chi connectivity index (χ3v) is 13.4. The second-order valence-corrected chi connectivity index (χ2v) is 15.6. The zero-order chi connectivity index (χ0) is 33.0. The molecular weight excluding hydrogens is 617 g/mol. The van der Waals surface area contributed by atoms with E-state index in [0.29, 0.717) is 17.2 Å². The van der Waals surface area contributed by atoms with Crippen molar-refractivity contribution < 1.29 is 9.59 Å². The summed E-state index contributed by atoms with van der Waals surface area (Å²) >= 11 is 0. The van der Waals surface area contributed by atoms with Crippen molar-refractivity contribution >= 4 is 71.3 Å². The van der Waals surface area contributed by atoms with Gasteiger partial charge in [-0.25, -0.2) is 0 Å². The summed E-state index contributed by atoms with van der Waals surface area (Å²) in [5.74, 6) is 1.50. The number of aromatic nitrogens is 2. The topological polar surface area (TPSA) is 60.6 Å². The number of carbonyl (C=O) groups is 2. The molecule has 0 spiro atoms. The molecule has 6 aliphatic carbocycles. The van der Waals surface area contributed by atoms with E-state index in [1.54, 1.807) is 0 Å². The molecule has 50 heavy (non-hydrogen) atoms. The van der Waals surface area contributed by atoms with E-state index in [0.717, 1.165) is 128 Å². The van der Waals surface area contributed by atoms with Crippen LogP contribution in [0, 0.1) is 11.8 Å². The Morgan fingerprint density at radius 1 is 0.460 bits per heavy atom. The Bertz CT molecular complexity index is 2900. The first-order valence-electron chi connectivity index (χ1n) is 18.5. The lowest BCUT2D eigenvalue weighted by molar-refractivity contribution is 0.0891. The van der Waals surface area contributed by atoms with Crippen LogP contribution in [0.15, 0.2) is 89.7 Å². The molecule has 5 heteroatoms. The van der Waals surface area contributed by atoms with Crippen molar-refractivity contribution in [2.75, 3.05) is 0 Å². The molecule has 4 bridgehead atoms. The van der Waals surface area contributed by atoms with E-state index in [2.05, 4.69) is 46.9 Å². The van der Waals surface area contributed by atoms with Crippen molar-refractivity contribution in [2.24, 2.45) is 11.8 Å². The van der Waals surface area contributed by atoms with Crippen molar-refractivity contribution in [3.8, 4) is 5.69 Å². The number of carbonyl (C=O) groups excluding carboxylic acids is 2. The summed E-state index contributed by atoms with van der Waals surface area (Å²) in [6.07, 6.45) is 8.02. The lowest BCUT2D eigenvalue weighted by atomic mass is 9.82. The number of hydrogen-bond acceptors (Lipinski definition) is 3. The molecule has 5 nitrogen and oxygen atoms in total. The van der Waals surface area contributed by atoms with Crippen LogP contribution in [0.4, 0.5) is 0 Å². The molecule has 3 aromatic heterocycles. The van der Waals surface area contributed by atoms with Crippen molar-refractivity contribution in [2.45, 2.75) is 63.2 Å². The van der Waals surface area contributed by atoms with E-state index in [1.165, 1.54) is 5.56 Å². The summed E-state index contributed by atoms with van der Waals surface area (Å²) in [5, 5.41) is 6.92. The Hall–Kier alpha value is -5.29. The van der Waals surface area contributed by atoms with E-state index in [-0.39, 0.29) is 29.0 Å². The molecule has 0 aliphatic heterocycles. The monoisotopic (exact) mass is 650 g/mol. The van der Waals surface area contributed by atoms with Crippen LogP contribution in [-0.4, -0.2) is 20.5 Å². The van der Waals surface area contributed by atoms with E-state index >= 15 is 4.79 Å². The zero-order valence-corrected chi connectivity index (χ0v) is 27.7. The minimum absolute atomic E-state index is 0.0401. The van der Waals surface area contributed by atoms with E-state index < -0.39 is 0 Å². The third-order valence-electron chi connectivity index (χ3n) is 13.4. The largest absolute Gasteiger partial charge is 0.308 e. The van der Waals surface area contributed by atoms with Crippen molar-refractivity contribution in [1.82, 2.24) is 8.97 Å². The van der Waals surface area contributed by atoms with Crippen LogP contribution in [0.2, 0.25) is 0 Å². The highest BCUT2D eigenvalue weighted by Crippen LogP contribution is 2.51. The minimum atomic E-state index is -0.0401. The molecule has 0 unspecified atom stereocenters. The van der Waals surface area contributed by atoms with Crippen LogP contribution in [0.3, 0.4) is 0 Å². The summed E-state index contributed by atoms with van der Waals surface area (Å²) in [6, 6.07) is 29.4. The first kappa shape index (κ1) is 27.5. The maximum absolute atomic E-state index is 15.2. The van der Waals surface area contributed by atoms with Gasteiger partial charge in [-0.2, -0.15) is 0 Å². The summed E-state index contributed by atoms with van der Waals surface area (Å²) < 4.78 is 4.17. The van der Waals surface area contributed by atoms with Gasteiger partial charge in [0, 0.05) is 55.6 Å². The predicted octanol–water partition coefficient (Wildman–Crippen LogP) is 10.2. The molecule has 0 saturated heterocycles. The number of Topliss-reactive ketones (excluding diaryl/α,β-unsaturated/α-hetero) is 2. The summed E-state index contributed by atoms with van der Waals surface area (Å²) in [4.78, 5) is 43.3. The summed E-state index contributed by atoms with van der Waals surface area (Å²) in [5.41, 5.74) is 8.74. The van der Waals surface area contributed by atoms with Crippen LogP contribution in [0.5, 0.6) is 0 Å². The minimum Gasteiger partial charge on any atom is -0.308 e. The molecule has 3 heterocycles. The number of benzene rings is 5. The van der Waals surface area contributed by atoms with E-state index in [1.807, 2.05) is 47.0 Å². The second-order valence-electron chi connectivity index (χ2n) is 15.6. The maximum Gasteiger partial charge on any atom is 0.264 e. The highest BCUT2D eigenvalue weighted by Gasteiger charge is 2.38. The van der Waals surface area contributed by atoms with Gasteiger partial charge in [0.15, 0.2) is 11.6 Å². The molecule has 8 aromatic rings. The fourth-order valence-corrected chi connectivity index (χ4v) is 11.0. The van der Waals surface area contributed by atoms with Gasteiger partial charge in [0.1, 0.15) is 0 Å². The van der Waals surface area contributed by atoms with Crippen LogP contribution in [-0.2, 0) is 0 Å². The molecule has 0 radical (unpaired) electrons. The number of pyridine rings is 1. The lowest BCUT2D eigenvalue weighted by Crippen LogP contribution is -2.19. The number of para-hydroxylation sites is 2. The molecule has 0 amide bonds. The van der Waals surface area contributed by atoms with Gasteiger partial charge >= 0.3 is 0 Å². The molecule has 242 valence electrons. The molecule has 6 aliphatic rings. The van der Waals surface area contributed by atoms with Crippen molar-refractivity contribution in [1.29, 1.82) is 0 Å². The van der Waals surface area contributed by atoms with Crippen LogP contribution < -0.4 is 5.56 Å². The lowest BCUT2D eigenvalue weighted by Gasteiger charge is -2.22. The van der Waals surface area contributed by atoms with Gasteiger partial charge in [-0.05, 0) is 128 Å². The van der Waals surface area contributed by atoms with Gasteiger partial charge in [-0.3, -0.25) is 19.0 Å². The van der Waals surface area contributed by atoms with Crippen LogP contribution in [0.1, 0.15) is 95.0 Å². The van der Waals surface area contributed by atoms with Gasteiger partial charge < -0.3 is 4.40 Å². The number of ketones is 2. The first-order valence-corrected chi connectivity index (χ1v) is 18.5. The van der Waals surface area contributed by atoms with E-state index in [9.17, 15) is 9.59 Å². The van der Waals surface area contributed by atoms with Gasteiger partial charge in [0.25, 0.3) is 5.56 Å². The second kappa shape index (κ2) is 9.48. The number of nitrogens with zero attached hydrogens (tertiary/aromatic N) is 2. The molecule has 2 saturated carbocycles. The Labute approximate surface area is 287 Å². The highest BCUT2D eigenvalue weighted by molar-refractivity contribution is 6.34. The number of rotatable bonds is 1. The van der Waals surface area contributed by atoms with Gasteiger partial charge in [-0.15, -0.1) is 0 Å². The number of fused-ring (bicyclic) bond motifs is 14. The van der Waals surface area contributed by atoms with Gasteiger partial charge in [0.05, 0.1) is 27.5 Å². The van der Waals surface area contributed by atoms with Crippen LogP contribution >= 0.6 is 0 Å². The molecular formula is C45H34N2O3. The Balaban J connectivity index is 1.33. The SMILES string of the molecule is O=C1c2cc3c(cc2C2CCC1CC2)c1cc2c4ccccc4n(-c4ccccc4)c(=O)c2c2c4cc5c(cc4n3c12)C(=O)C1CCC5CC1. The quantitative estimate of drug-likeness (QED) is 0.166. The van der Waals surface area contributed by atoms with Crippen molar-refractivity contribution in [3.05, 3.63) is 118 Å². The predicted molar refractivity (Wildman–Crippen MR) is 200 cm³/mol. The number of hydrogen-bond donors (Lipinski definition) is 0. The first-order chi connectivity index (χ1) is 24.5. The maximum atomic E-state index is 15.2. The Morgan fingerprint density at radius 2 is 1.02 bits per heavy atom. The smallest absolute Gasteiger partial charge is 0.264 e. The average Bonchev–Trinajstić information content (AvgIpc) is 3.48. The fraction of sp³-hybridized carbons (Fsp3) is 0.267. The highest BCUT2D eigenvalue weighted by atomic mass is 16.1. The Kier molecular flexibility index (Phi) is 5.22. The van der Waals surface area contributed by atoms with Gasteiger partial charge in [-0.1, -0.05) is 36.4 Å². The third kappa shape index (κ3) is 3.32. The average molecular weight is 651 g/mol.